The van der Waals surface area contributed by atoms with Crippen LogP contribution in [0, 0.1) is 0 Å². The molecule has 1 aliphatic carbocycles. The number of benzene rings is 1. The summed E-state index contributed by atoms with van der Waals surface area (Å²) >= 11 is 0. The SMILES string of the molecule is C1=Cc2c(nc3oc4ccccc4n23)CC1. The number of hydrogen-bond donors (Lipinski definition) is 0. The lowest BCUT2D eigenvalue weighted by molar-refractivity contribution is 0.640. The van der Waals surface area contributed by atoms with E-state index in [4.69, 9.17) is 4.42 Å². The number of nitrogens with zero attached hydrogens (tertiary/aromatic N) is 2. The lowest BCUT2D eigenvalue weighted by atomic mass is 10.1. The van der Waals surface area contributed by atoms with E-state index in [2.05, 4.69) is 27.6 Å². The van der Waals surface area contributed by atoms with Crippen LogP contribution in [0.1, 0.15) is 17.8 Å². The summed E-state index contributed by atoms with van der Waals surface area (Å²) in [5, 5.41) is 0. The van der Waals surface area contributed by atoms with Crippen LogP contribution in [0.15, 0.2) is 34.8 Å². The molecule has 4 rings (SSSR count). The van der Waals surface area contributed by atoms with Crippen LogP contribution in [0.2, 0.25) is 0 Å². The molecule has 0 radical (unpaired) electrons. The number of hydrogen-bond acceptors (Lipinski definition) is 2. The van der Waals surface area contributed by atoms with Crippen LogP contribution in [0.5, 0.6) is 0 Å². The van der Waals surface area contributed by atoms with E-state index in [1.165, 1.54) is 5.69 Å². The Bertz CT molecular complexity index is 718. The van der Waals surface area contributed by atoms with Crippen molar-refractivity contribution in [3.63, 3.8) is 0 Å². The highest BCUT2D eigenvalue weighted by Gasteiger charge is 2.17. The van der Waals surface area contributed by atoms with Gasteiger partial charge in [-0.25, -0.2) is 0 Å². The summed E-state index contributed by atoms with van der Waals surface area (Å²) in [6.07, 6.45) is 6.42. The maximum atomic E-state index is 5.72. The first kappa shape index (κ1) is 8.16. The van der Waals surface area contributed by atoms with Crippen LogP contribution in [0.3, 0.4) is 0 Å². The summed E-state index contributed by atoms with van der Waals surface area (Å²) < 4.78 is 7.82. The average molecular weight is 210 g/mol. The predicted molar refractivity (Wildman–Crippen MR) is 62.3 cm³/mol. The Balaban J connectivity index is 2.24. The van der Waals surface area contributed by atoms with Crippen LogP contribution in [0.25, 0.3) is 23.0 Å². The van der Waals surface area contributed by atoms with Crippen molar-refractivity contribution in [2.45, 2.75) is 12.8 Å². The van der Waals surface area contributed by atoms with Crippen LogP contribution in [0.4, 0.5) is 0 Å². The van der Waals surface area contributed by atoms with Gasteiger partial charge in [-0.3, -0.25) is 4.40 Å². The first-order chi connectivity index (χ1) is 7.93. The second-order valence-electron chi connectivity index (χ2n) is 4.07. The van der Waals surface area contributed by atoms with Gasteiger partial charge in [0.05, 0.1) is 16.9 Å². The molecular weight excluding hydrogens is 200 g/mol. The number of fused-ring (bicyclic) bond motifs is 5. The maximum absolute atomic E-state index is 5.72. The normalized spacial score (nSPS) is 14.8. The minimum Gasteiger partial charge on any atom is -0.423 e. The van der Waals surface area contributed by atoms with Crippen molar-refractivity contribution < 1.29 is 4.42 Å². The van der Waals surface area contributed by atoms with E-state index in [9.17, 15) is 0 Å². The molecule has 3 heteroatoms. The van der Waals surface area contributed by atoms with Crippen molar-refractivity contribution >= 4 is 23.0 Å². The average Bonchev–Trinajstić information content (AvgIpc) is 2.83. The summed E-state index contributed by atoms with van der Waals surface area (Å²) in [4.78, 5) is 4.54. The van der Waals surface area contributed by atoms with Gasteiger partial charge in [-0.05, 0) is 31.1 Å². The topological polar surface area (TPSA) is 30.4 Å². The number of oxazole rings is 1. The van der Waals surface area contributed by atoms with Gasteiger partial charge in [0.2, 0.25) is 0 Å². The van der Waals surface area contributed by atoms with E-state index in [0.29, 0.717) is 5.84 Å². The highest BCUT2D eigenvalue weighted by atomic mass is 16.4. The van der Waals surface area contributed by atoms with Gasteiger partial charge in [0.15, 0.2) is 5.58 Å². The zero-order chi connectivity index (χ0) is 10.5. The zero-order valence-electron chi connectivity index (χ0n) is 8.68. The molecule has 0 aliphatic heterocycles. The molecule has 3 nitrogen and oxygen atoms in total. The Hall–Kier alpha value is -2.03. The number of aromatic nitrogens is 2. The van der Waals surface area contributed by atoms with Crippen molar-refractivity contribution in [1.82, 2.24) is 9.38 Å². The Morgan fingerprint density at radius 1 is 1.25 bits per heavy atom. The van der Waals surface area contributed by atoms with Gasteiger partial charge in [-0.1, -0.05) is 18.2 Å². The second kappa shape index (κ2) is 2.76. The van der Waals surface area contributed by atoms with Gasteiger partial charge < -0.3 is 4.42 Å². The van der Waals surface area contributed by atoms with Crippen molar-refractivity contribution in [3.8, 4) is 0 Å². The lowest BCUT2D eigenvalue weighted by Gasteiger charge is -2.02. The van der Waals surface area contributed by atoms with Crippen molar-refractivity contribution in [1.29, 1.82) is 0 Å². The largest absolute Gasteiger partial charge is 0.423 e. The smallest absolute Gasteiger partial charge is 0.307 e. The molecule has 2 aromatic heterocycles. The van der Waals surface area contributed by atoms with E-state index >= 15 is 0 Å². The Morgan fingerprint density at radius 2 is 2.19 bits per heavy atom. The van der Waals surface area contributed by atoms with Crippen molar-refractivity contribution in [2.24, 2.45) is 0 Å². The molecule has 1 aliphatic rings. The van der Waals surface area contributed by atoms with E-state index in [0.717, 1.165) is 29.6 Å². The fourth-order valence-electron chi connectivity index (χ4n) is 2.35. The third-order valence-corrected chi connectivity index (χ3v) is 3.09. The molecule has 0 unspecified atom stereocenters. The summed E-state index contributed by atoms with van der Waals surface area (Å²) in [6, 6.07) is 8.04. The molecule has 78 valence electrons. The van der Waals surface area contributed by atoms with Gasteiger partial charge in [0.1, 0.15) is 0 Å². The molecule has 0 saturated heterocycles. The van der Waals surface area contributed by atoms with Crippen LogP contribution in [-0.2, 0) is 6.42 Å². The number of rotatable bonds is 0. The molecule has 0 amide bonds. The third kappa shape index (κ3) is 0.902. The molecule has 0 spiro atoms. The quantitative estimate of drug-likeness (QED) is 0.571. The van der Waals surface area contributed by atoms with Crippen LogP contribution < -0.4 is 0 Å². The van der Waals surface area contributed by atoms with E-state index in [-0.39, 0.29) is 0 Å². The summed E-state index contributed by atoms with van der Waals surface area (Å²) in [7, 11) is 0. The number of aryl methyl sites for hydroxylation is 1. The fourth-order valence-corrected chi connectivity index (χ4v) is 2.35. The molecule has 0 saturated carbocycles. The molecule has 0 atom stereocenters. The van der Waals surface area contributed by atoms with Gasteiger partial charge in [-0.15, -0.1) is 0 Å². The lowest BCUT2D eigenvalue weighted by Crippen LogP contribution is -1.94. The monoisotopic (exact) mass is 210 g/mol. The molecule has 2 heterocycles. The number of imidazole rings is 1. The summed E-state index contributed by atoms with van der Waals surface area (Å²) in [6.45, 7) is 0. The molecular formula is C13H10N2O. The number of allylic oxidation sites excluding steroid dienone is 1. The Labute approximate surface area is 92.0 Å². The van der Waals surface area contributed by atoms with Gasteiger partial charge >= 0.3 is 5.84 Å². The molecule has 0 bridgehead atoms. The highest BCUT2D eigenvalue weighted by Crippen LogP contribution is 2.27. The molecule has 16 heavy (non-hydrogen) atoms. The Morgan fingerprint density at radius 3 is 3.19 bits per heavy atom. The molecule has 1 aromatic carbocycles. The van der Waals surface area contributed by atoms with Gasteiger partial charge in [0, 0.05) is 0 Å². The summed E-state index contributed by atoms with van der Waals surface area (Å²) in [5.41, 5.74) is 4.31. The van der Waals surface area contributed by atoms with E-state index in [1.54, 1.807) is 0 Å². The van der Waals surface area contributed by atoms with E-state index in [1.807, 2.05) is 18.2 Å². The highest BCUT2D eigenvalue weighted by molar-refractivity contribution is 5.78. The number of para-hydroxylation sites is 2. The van der Waals surface area contributed by atoms with Crippen LogP contribution in [-0.4, -0.2) is 9.38 Å². The molecule has 0 N–H and O–H groups in total. The minimum absolute atomic E-state index is 0.706. The molecule has 3 aromatic rings. The first-order valence-corrected chi connectivity index (χ1v) is 5.49. The van der Waals surface area contributed by atoms with Crippen molar-refractivity contribution in [3.05, 3.63) is 41.7 Å². The standard InChI is InChI=1S/C13H10N2O/c1-2-6-10-9(5-1)14-13-15(10)11-7-3-4-8-12(11)16-13/h2-4,6-8H,1,5H2. The van der Waals surface area contributed by atoms with Gasteiger partial charge in [0.25, 0.3) is 0 Å². The third-order valence-electron chi connectivity index (χ3n) is 3.09. The van der Waals surface area contributed by atoms with E-state index < -0.39 is 0 Å². The minimum atomic E-state index is 0.706. The summed E-state index contributed by atoms with van der Waals surface area (Å²) in [5.74, 6) is 0.706. The second-order valence-corrected chi connectivity index (χ2v) is 4.07. The maximum Gasteiger partial charge on any atom is 0.307 e. The first-order valence-electron chi connectivity index (χ1n) is 5.49. The Kier molecular flexibility index (Phi) is 1.41. The molecule has 0 fully saturated rings. The van der Waals surface area contributed by atoms with Crippen LogP contribution >= 0.6 is 0 Å². The fraction of sp³-hybridized carbons (Fsp3) is 0.154. The predicted octanol–water partition coefficient (Wildman–Crippen LogP) is 3.04. The van der Waals surface area contributed by atoms with Crippen molar-refractivity contribution in [2.75, 3.05) is 0 Å². The van der Waals surface area contributed by atoms with Gasteiger partial charge in [-0.2, -0.15) is 4.98 Å². The zero-order valence-corrected chi connectivity index (χ0v) is 8.68.